The molecule has 1 unspecified atom stereocenters. The molecule has 0 aromatic carbocycles. The zero-order chi connectivity index (χ0) is 10.6. The number of aliphatic hydroxyl groups is 1. The number of rotatable bonds is 4. The minimum absolute atomic E-state index is 0.179. The number of nitrogens with zero attached hydrogens (tertiary/aromatic N) is 1. The molecule has 0 bridgehead atoms. The molecule has 80 valence electrons. The predicted molar refractivity (Wildman–Crippen MR) is 49.9 cm³/mol. The van der Waals surface area contributed by atoms with Crippen LogP contribution < -0.4 is 0 Å². The zero-order valence-electron chi connectivity index (χ0n) is 8.45. The monoisotopic (exact) mass is 201 g/mol. The molecule has 1 N–H and O–H groups in total. The van der Waals surface area contributed by atoms with Crippen LogP contribution in [0.25, 0.3) is 0 Å². The Balaban J connectivity index is 2.67. The molecule has 14 heavy (non-hydrogen) atoms. The largest absolute Gasteiger partial charge is 0.463 e. The average molecular weight is 201 g/mol. The maximum absolute atomic E-state index is 11.6. The summed E-state index contributed by atoms with van der Waals surface area (Å²) in [4.78, 5) is 16.6. The number of esters is 1. The van der Waals surface area contributed by atoms with E-state index in [1.54, 1.807) is 6.92 Å². The lowest BCUT2D eigenvalue weighted by Crippen LogP contribution is -2.40. The van der Waals surface area contributed by atoms with E-state index < -0.39 is 11.6 Å². The third kappa shape index (κ3) is 1.87. The molecule has 1 aliphatic heterocycles. The van der Waals surface area contributed by atoms with E-state index in [1.165, 1.54) is 0 Å². The highest BCUT2D eigenvalue weighted by Crippen LogP contribution is 2.28. The van der Waals surface area contributed by atoms with E-state index in [-0.39, 0.29) is 6.61 Å². The summed E-state index contributed by atoms with van der Waals surface area (Å²) in [6.07, 6.45) is 0.803. The Morgan fingerprint density at radius 2 is 2.43 bits per heavy atom. The van der Waals surface area contributed by atoms with Crippen LogP contribution in [0.5, 0.6) is 0 Å². The van der Waals surface area contributed by atoms with Crippen LogP contribution in [-0.2, 0) is 14.4 Å². The Labute approximate surface area is 82.7 Å². The van der Waals surface area contributed by atoms with Crippen molar-refractivity contribution in [1.82, 2.24) is 0 Å². The fraction of sp³-hybridized carbons (Fsp3) is 0.778. The van der Waals surface area contributed by atoms with Crippen molar-refractivity contribution in [3.05, 3.63) is 0 Å². The Bertz CT molecular complexity index is 251. The van der Waals surface area contributed by atoms with Crippen molar-refractivity contribution < 1.29 is 19.5 Å². The molecule has 0 aromatic heterocycles. The third-order valence-corrected chi connectivity index (χ3v) is 2.24. The van der Waals surface area contributed by atoms with Crippen molar-refractivity contribution in [3.63, 3.8) is 0 Å². The molecule has 0 spiro atoms. The van der Waals surface area contributed by atoms with Gasteiger partial charge in [0.2, 0.25) is 5.60 Å². The summed E-state index contributed by atoms with van der Waals surface area (Å²) in [5.41, 5.74) is -0.520. The van der Waals surface area contributed by atoms with Gasteiger partial charge in [-0.15, -0.1) is 0 Å². The molecule has 0 saturated heterocycles. The molecule has 0 amide bonds. The Hall–Kier alpha value is -1.10. The number of aliphatic hydroxyl groups excluding tert-OH is 1. The van der Waals surface area contributed by atoms with Crippen LogP contribution in [0.15, 0.2) is 5.16 Å². The first-order chi connectivity index (χ1) is 6.68. The predicted octanol–water partition coefficient (Wildman–Crippen LogP) is 0.467. The van der Waals surface area contributed by atoms with Crippen LogP contribution in [0.1, 0.15) is 26.7 Å². The topological polar surface area (TPSA) is 68.1 Å². The van der Waals surface area contributed by atoms with Crippen LogP contribution in [-0.4, -0.2) is 35.6 Å². The first kappa shape index (κ1) is 11.0. The Morgan fingerprint density at radius 1 is 1.71 bits per heavy atom. The summed E-state index contributed by atoms with van der Waals surface area (Å²) in [5.74, 6) is -0.408. The van der Waals surface area contributed by atoms with E-state index in [0.29, 0.717) is 25.2 Å². The van der Waals surface area contributed by atoms with E-state index in [1.807, 2.05) is 6.92 Å². The summed E-state index contributed by atoms with van der Waals surface area (Å²) in [5, 5.41) is 12.5. The number of ether oxygens (including phenoxy) is 1. The number of carbonyl (C=O) groups is 1. The lowest BCUT2D eigenvalue weighted by molar-refractivity contribution is -0.169. The Morgan fingerprint density at radius 3 is 2.86 bits per heavy atom. The van der Waals surface area contributed by atoms with Crippen molar-refractivity contribution in [2.45, 2.75) is 32.3 Å². The van der Waals surface area contributed by atoms with Gasteiger partial charge in [0, 0.05) is 6.42 Å². The van der Waals surface area contributed by atoms with Gasteiger partial charge >= 0.3 is 5.97 Å². The van der Waals surface area contributed by atoms with Gasteiger partial charge in [-0.2, -0.15) is 0 Å². The van der Waals surface area contributed by atoms with Gasteiger partial charge in [0.15, 0.2) is 0 Å². The van der Waals surface area contributed by atoms with Gasteiger partial charge in [0.25, 0.3) is 0 Å². The number of hydrogen-bond donors (Lipinski definition) is 1. The highest BCUT2D eigenvalue weighted by atomic mass is 16.7. The molecule has 0 aliphatic carbocycles. The fourth-order valence-corrected chi connectivity index (χ4v) is 1.34. The van der Waals surface area contributed by atoms with E-state index >= 15 is 0 Å². The Kier molecular flexibility index (Phi) is 3.46. The van der Waals surface area contributed by atoms with Crippen LogP contribution in [0.2, 0.25) is 0 Å². The minimum Gasteiger partial charge on any atom is -0.463 e. The molecule has 5 heteroatoms. The number of hydrogen-bond acceptors (Lipinski definition) is 5. The molecule has 0 saturated carbocycles. The number of carbonyl (C=O) groups excluding carboxylic acids is 1. The zero-order valence-corrected chi connectivity index (χ0v) is 8.45. The molecule has 0 radical (unpaired) electrons. The minimum atomic E-state index is -1.01. The standard InChI is InChI=1S/C9H15NO4/c1-3-9(8(12)13-4-2)5-7(6-11)10-14-9/h11H,3-6H2,1-2H3. The summed E-state index contributed by atoms with van der Waals surface area (Å²) in [6, 6.07) is 0. The van der Waals surface area contributed by atoms with Gasteiger partial charge in [0.1, 0.15) is 0 Å². The second kappa shape index (κ2) is 4.41. The molecular formula is C9H15NO4. The summed E-state index contributed by atoms with van der Waals surface area (Å²) >= 11 is 0. The van der Waals surface area contributed by atoms with Gasteiger partial charge in [-0.05, 0) is 13.3 Å². The molecule has 1 rings (SSSR count). The lowest BCUT2D eigenvalue weighted by Gasteiger charge is -2.22. The van der Waals surface area contributed by atoms with Gasteiger partial charge < -0.3 is 14.7 Å². The highest BCUT2D eigenvalue weighted by molar-refractivity contribution is 5.94. The van der Waals surface area contributed by atoms with E-state index in [2.05, 4.69) is 5.16 Å². The smallest absolute Gasteiger partial charge is 0.353 e. The van der Waals surface area contributed by atoms with Gasteiger partial charge in [-0.3, -0.25) is 0 Å². The van der Waals surface area contributed by atoms with Crippen LogP contribution in [0, 0.1) is 0 Å². The maximum atomic E-state index is 11.6. The van der Waals surface area contributed by atoms with Crippen molar-refractivity contribution in [1.29, 1.82) is 0 Å². The fourth-order valence-electron chi connectivity index (χ4n) is 1.34. The summed E-state index contributed by atoms with van der Waals surface area (Å²) in [7, 11) is 0. The molecule has 0 aromatic rings. The van der Waals surface area contributed by atoms with E-state index in [9.17, 15) is 4.79 Å². The van der Waals surface area contributed by atoms with E-state index in [4.69, 9.17) is 14.7 Å². The maximum Gasteiger partial charge on any atom is 0.353 e. The summed E-state index contributed by atoms with van der Waals surface area (Å²) in [6.45, 7) is 3.70. The van der Waals surface area contributed by atoms with Gasteiger partial charge in [0.05, 0.1) is 18.9 Å². The van der Waals surface area contributed by atoms with Gasteiger partial charge in [-0.25, -0.2) is 4.79 Å². The van der Waals surface area contributed by atoms with Crippen LogP contribution in [0.3, 0.4) is 0 Å². The van der Waals surface area contributed by atoms with Crippen molar-refractivity contribution in [2.24, 2.45) is 5.16 Å². The highest BCUT2D eigenvalue weighted by Gasteiger charge is 2.46. The quantitative estimate of drug-likeness (QED) is 0.671. The van der Waals surface area contributed by atoms with Crippen LogP contribution >= 0.6 is 0 Å². The third-order valence-electron chi connectivity index (χ3n) is 2.24. The van der Waals surface area contributed by atoms with Crippen molar-refractivity contribution in [2.75, 3.05) is 13.2 Å². The van der Waals surface area contributed by atoms with Crippen molar-refractivity contribution in [3.8, 4) is 0 Å². The second-order valence-electron chi connectivity index (χ2n) is 3.15. The number of oxime groups is 1. The first-order valence-corrected chi connectivity index (χ1v) is 4.70. The summed E-state index contributed by atoms with van der Waals surface area (Å²) < 4.78 is 4.89. The molecule has 0 fully saturated rings. The molecular weight excluding hydrogens is 186 g/mol. The molecule has 1 aliphatic rings. The van der Waals surface area contributed by atoms with Crippen molar-refractivity contribution >= 4 is 11.7 Å². The lowest BCUT2D eigenvalue weighted by atomic mass is 9.95. The first-order valence-electron chi connectivity index (χ1n) is 4.70. The van der Waals surface area contributed by atoms with Crippen LogP contribution in [0.4, 0.5) is 0 Å². The SMILES string of the molecule is CCOC(=O)C1(CC)CC(CO)=NO1. The second-order valence-corrected chi connectivity index (χ2v) is 3.15. The van der Waals surface area contributed by atoms with Gasteiger partial charge in [-0.1, -0.05) is 12.1 Å². The average Bonchev–Trinajstić information content (AvgIpc) is 2.63. The van der Waals surface area contributed by atoms with E-state index in [0.717, 1.165) is 0 Å². The normalized spacial score (nSPS) is 25.5. The molecule has 1 atom stereocenters. The molecule has 5 nitrogen and oxygen atoms in total. The molecule has 1 heterocycles.